The van der Waals surface area contributed by atoms with Gasteiger partial charge in [-0.3, -0.25) is 14.5 Å². The second kappa shape index (κ2) is 9.76. The van der Waals surface area contributed by atoms with Crippen molar-refractivity contribution < 1.29 is 9.59 Å². The largest absolute Gasteiger partial charge is 0.321 e. The van der Waals surface area contributed by atoms with Crippen LogP contribution in [-0.2, 0) is 16.0 Å². The SMILES string of the molecule is Cc1cccc(NC(=O)/C(C#N)=C2/S[C@@H](Cc3ccccc3)C(=O)N2c2ccccc2)c1C. The Labute approximate surface area is 197 Å². The summed E-state index contributed by atoms with van der Waals surface area (Å²) in [5.41, 5.74) is 4.20. The fourth-order valence-electron chi connectivity index (χ4n) is 3.70. The van der Waals surface area contributed by atoms with Crippen LogP contribution in [0.3, 0.4) is 0 Å². The maximum atomic E-state index is 13.5. The first kappa shape index (κ1) is 22.4. The lowest BCUT2D eigenvalue weighted by atomic mass is 10.1. The van der Waals surface area contributed by atoms with E-state index in [9.17, 15) is 14.9 Å². The molecule has 1 fully saturated rings. The summed E-state index contributed by atoms with van der Waals surface area (Å²) in [7, 11) is 0. The Morgan fingerprint density at radius 2 is 1.67 bits per heavy atom. The molecule has 164 valence electrons. The van der Waals surface area contributed by atoms with Gasteiger partial charge in [-0.2, -0.15) is 5.26 Å². The predicted octanol–water partition coefficient (Wildman–Crippen LogP) is 5.37. The zero-order valence-corrected chi connectivity index (χ0v) is 19.2. The number of nitrogens with one attached hydrogen (secondary N) is 1. The highest BCUT2D eigenvalue weighted by atomic mass is 32.2. The van der Waals surface area contributed by atoms with Gasteiger partial charge in [-0.05, 0) is 55.2 Å². The minimum absolute atomic E-state index is 0.0753. The third kappa shape index (κ3) is 4.69. The van der Waals surface area contributed by atoms with Gasteiger partial charge in [0, 0.05) is 11.4 Å². The van der Waals surface area contributed by atoms with Crippen molar-refractivity contribution in [2.45, 2.75) is 25.5 Å². The van der Waals surface area contributed by atoms with Gasteiger partial charge in [0.1, 0.15) is 16.7 Å². The molecule has 1 N–H and O–H groups in total. The minimum Gasteiger partial charge on any atom is -0.321 e. The van der Waals surface area contributed by atoms with Gasteiger partial charge < -0.3 is 5.32 Å². The first-order chi connectivity index (χ1) is 16.0. The van der Waals surface area contributed by atoms with Crippen LogP contribution in [0.1, 0.15) is 16.7 Å². The fourth-order valence-corrected chi connectivity index (χ4v) is 5.01. The third-order valence-corrected chi connectivity index (χ3v) is 6.90. The van der Waals surface area contributed by atoms with Gasteiger partial charge in [-0.1, -0.05) is 72.4 Å². The van der Waals surface area contributed by atoms with Crippen molar-refractivity contribution in [3.8, 4) is 6.07 Å². The number of thioether (sulfide) groups is 1. The van der Waals surface area contributed by atoms with Crippen molar-refractivity contribution in [2.75, 3.05) is 10.2 Å². The number of hydrogen-bond donors (Lipinski definition) is 1. The molecule has 0 unspecified atom stereocenters. The summed E-state index contributed by atoms with van der Waals surface area (Å²) in [6.07, 6.45) is 0.508. The Hall–Kier alpha value is -3.82. The molecule has 1 saturated heterocycles. The van der Waals surface area contributed by atoms with Crippen molar-refractivity contribution in [3.05, 3.63) is 106 Å². The standard InChI is InChI=1S/C27H23N3O2S/c1-18-10-9-15-23(19(18)2)29-25(31)22(17-28)27-30(21-13-7-4-8-14-21)26(32)24(33-27)16-20-11-5-3-6-12-20/h3-15,24H,16H2,1-2H3,(H,29,31)/b27-22+/t24-/m0/s1. The molecule has 3 aromatic rings. The van der Waals surface area contributed by atoms with E-state index in [0.717, 1.165) is 16.7 Å². The van der Waals surface area contributed by atoms with Crippen LogP contribution in [0.25, 0.3) is 0 Å². The Morgan fingerprint density at radius 3 is 2.33 bits per heavy atom. The van der Waals surface area contributed by atoms with Crippen LogP contribution >= 0.6 is 11.8 Å². The lowest BCUT2D eigenvalue weighted by molar-refractivity contribution is -0.117. The van der Waals surface area contributed by atoms with E-state index in [1.807, 2.05) is 74.5 Å². The van der Waals surface area contributed by atoms with E-state index in [2.05, 4.69) is 11.4 Å². The highest BCUT2D eigenvalue weighted by Gasteiger charge is 2.40. The molecular formula is C27H23N3O2S. The van der Waals surface area contributed by atoms with Crippen molar-refractivity contribution in [1.29, 1.82) is 5.26 Å². The second-order valence-corrected chi connectivity index (χ2v) is 8.99. The second-order valence-electron chi connectivity index (χ2n) is 7.80. The number of amides is 2. The molecule has 1 aliphatic rings. The number of aryl methyl sites for hydroxylation is 1. The number of carbonyl (C=O) groups excluding carboxylic acids is 2. The number of hydrogen-bond acceptors (Lipinski definition) is 4. The van der Waals surface area contributed by atoms with Crippen LogP contribution in [0.4, 0.5) is 11.4 Å². The number of rotatable bonds is 5. The van der Waals surface area contributed by atoms with Gasteiger partial charge in [-0.25, -0.2) is 0 Å². The van der Waals surface area contributed by atoms with Crippen LogP contribution in [0.5, 0.6) is 0 Å². The summed E-state index contributed by atoms with van der Waals surface area (Å²) in [6.45, 7) is 3.88. The van der Waals surface area contributed by atoms with E-state index in [1.165, 1.54) is 16.7 Å². The molecule has 1 atom stereocenters. The molecule has 0 aliphatic carbocycles. The number of carbonyl (C=O) groups is 2. The lowest BCUT2D eigenvalue weighted by Crippen LogP contribution is -2.30. The van der Waals surface area contributed by atoms with E-state index in [1.54, 1.807) is 18.2 Å². The first-order valence-electron chi connectivity index (χ1n) is 10.6. The molecule has 5 nitrogen and oxygen atoms in total. The van der Waals surface area contributed by atoms with Gasteiger partial charge in [-0.15, -0.1) is 0 Å². The van der Waals surface area contributed by atoms with Crippen LogP contribution in [0.15, 0.2) is 89.5 Å². The average Bonchev–Trinajstić information content (AvgIpc) is 3.14. The van der Waals surface area contributed by atoms with Crippen LogP contribution in [-0.4, -0.2) is 17.1 Å². The van der Waals surface area contributed by atoms with Crippen LogP contribution < -0.4 is 10.2 Å². The van der Waals surface area contributed by atoms with E-state index in [-0.39, 0.29) is 11.5 Å². The van der Waals surface area contributed by atoms with E-state index in [0.29, 0.717) is 22.8 Å². The molecule has 3 aromatic carbocycles. The van der Waals surface area contributed by atoms with Crippen molar-refractivity contribution in [1.82, 2.24) is 0 Å². The van der Waals surface area contributed by atoms with Gasteiger partial charge >= 0.3 is 0 Å². The lowest BCUT2D eigenvalue weighted by Gasteiger charge is -2.19. The Balaban J connectivity index is 1.73. The number of para-hydroxylation sites is 1. The Morgan fingerprint density at radius 1 is 1.00 bits per heavy atom. The molecule has 6 heteroatoms. The molecule has 0 spiro atoms. The highest BCUT2D eigenvalue weighted by molar-refractivity contribution is 8.05. The monoisotopic (exact) mass is 453 g/mol. The average molecular weight is 454 g/mol. The smallest absolute Gasteiger partial charge is 0.269 e. The van der Waals surface area contributed by atoms with Crippen LogP contribution in [0.2, 0.25) is 0 Å². The van der Waals surface area contributed by atoms with Gasteiger partial charge in [0.05, 0.1) is 5.25 Å². The van der Waals surface area contributed by atoms with Crippen molar-refractivity contribution in [3.63, 3.8) is 0 Å². The molecule has 0 radical (unpaired) electrons. The number of benzene rings is 3. The number of nitrogens with zero attached hydrogens (tertiary/aromatic N) is 2. The quantitative estimate of drug-likeness (QED) is 0.416. The molecular weight excluding hydrogens is 430 g/mol. The summed E-state index contributed by atoms with van der Waals surface area (Å²) in [5.74, 6) is -0.667. The maximum absolute atomic E-state index is 13.5. The summed E-state index contributed by atoms with van der Waals surface area (Å²) >= 11 is 1.27. The molecule has 0 saturated carbocycles. The van der Waals surface area contributed by atoms with Gasteiger partial charge in [0.15, 0.2) is 0 Å². The number of anilines is 2. The van der Waals surface area contributed by atoms with Gasteiger partial charge in [0.2, 0.25) is 5.91 Å². The molecule has 1 aliphatic heterocycles. The summed E-state index contributed by atoms with van der Waals surface area (Å²) in [4.78, 5) is 28.2. The topological polar surface area (TPSA) is 73.2 Å². The fraction of sp³-hybridized carbons (Fsp3) is 0.148. The van der Waals surface area contributed by atoms with E-state index >= 15 is 0 Å². The van der Waals surface area contributed by atoms with Crippen LogP contribution in [0, 0.1) is 25.2 Å². The molecule has 0 aromatic heterocycles. The Kier molecular flexibility index (Phi) is 6.62. The molecule has 0 bridgehead atoms. The zero-order chi connectivity index (χ0) is 23.4. The summed E-state index contributed by atoms with van der Waals surface area (Å²) < 4.78 is 0. The van der Waals surface area contributed by atoms with Gasteiger partial charge in [0.25, 0.3) is 5.91 Å². The molecule has 4 rings (SSSR count). The van der Waals surface area contributed by atoms with Crippen molar-refractivity contribution in [2.24, 2.45) is 0 Å². The summed E-state index contributed by atoms with van der Waals surface area (Å²) in [5, 5.41) is 12.8. The zero-order valence-electron chi connectivity index (χ0n) is 18.4. The molecule has 33 heavy (non-hydrogen) atoms. The highest BCUT2D eigenvalue weighted by Crippen LogP contribution is 2.42. The third-order valence-electron chi connectivity index (χ3n) is 5.64. The van der Waals surface area contributed by atoms with E-state index in [4.69, 9.17) is 0 Å². The van der Waals surface area contributed by atoms with E-state index < -0.39 is 11.2 Å². The number of nitriles is 1. The maximum Gasteiger partial charge on any atom is 0.269 e. The summed E-state index contributed by atoms with van der Waals surface area (Å²) in [6, 6.07) is 26.6. The molecule has 2 amide bonds. The predicted molar refractivity (Wildman–Crippen MR) is 133 cm³/mol. The van der Waals surface area contributed by atoms with Crippen molar-refractivity contribution >= 4 is 35.0 Å². The first-order valence-corrected chi connectivity index (χ1v) is 11.5. The molecule has 1 heterocycles. The normalized spacial score (nSPS) is 16.9. The minimum atomic E-state index is -0.525. The Bertz CT molecular complexity index is 1260.